The molecule has 5 heteroatoms. The monoisotopic (exact) mass is 268 g/mol. The molecule has 3 rings (SSSR count). The zero-order chi connectivity index (χ0) is 13.2. The number of nitrogens with zero attached hydrogens (tertiary/aromatic N) is 3. The molecule has 0 aliphatic heterocycles. The van der Waals surface area contributed by atoms with Gasteiger partial charge in [0, 0.05) is 16.3 Å². The van der Waals surface area contributed by atoms with Gasteiger partial charge < -0.3 is 5.32 Å². The topological polar surface area (TPSA) is 50.7 Å². The Morgan fingerprint density at radius 3 is 2.58 bits per heavy atom. The summed E-state index contributed by atoms with van der Waals surface area (Å²) in [6.07, 6.45) is 1.54. The molecule has 0 unspecified atom stereocenters. The maximum atomic E-state index is 4.49. The van der Waals surface area contributed by atoms with Crippen LogP contribution in [-0.4, -0.2) is 15.0 Å². The highest BCUT2D eigenvalue weighted by Gasteiger charge is 2.05. The van der Waals surface area contributed by atoms with Crippen molar-refractivity contribution in [2.75, 3.05) is 5.32 Å². The minimum atomic E-state index is 0.709. The second-order valence-corrected chi connectivity index (χ2v) is 4.73. The van der Waals surface area contributed by atoms with E-state index in [-0.39, 0.29) is 0 Å². The third kappa shape index (κ3) is 2.51. The number of anilines is 2. The van der Waals surface area contributed by atoms with Crippen molar-refractivity contribution >= 4 is 35.2 Å². The van der Waals surface area contributed by atoms with Crippen molar-refractivity contribution in [3.05, 3.63) is 48.4 Å². The van der Waals surface area contributed by atoms with Crippen LogP contribution in [-0.2, 0) is 0 Å². The van der Waals surface area contributed by atoms with Gasteiger partial charge in [0.2, 0.25) is 0 Å². The van der Waals surface area contributed by atoms with Gasteiger partial charge in [0.25, 0.3) is 0 Å². The third-order valence-corrected chi connectivity index (χ3v) is 3.05. The maximum absolute atomic E-state index is 4.49. The number of pyridine rings is 1. The molecule has 4 nitrogen and oxygen atoms in total. The van der Waals surface area contributed by atoms with E-state index >= 15 is 0 Å². The van der Waals surface area contributed by atoms with Crippen LogP contribution in [0.1, 0.15) is 5.69 Å². The van der Waals surface area contributed by atoms with E-state index in [1.165, 1.54) is 6.33 Å². The molecular formula is C14H12N4S. The van der Waals surface area contributed by atoms with Crippen LogP contribution < -0.4 is 5.32 Å². The van der Waals surface area contributed by atoms with Gasteiger partial charge >= 0.3 is 0 Å². The lowest BCUT2D eigenvalue weighted by atomic mass is 10.3. The van der Waals surface area contributed by atoms with Crippen LogP contribution in [0, 0.1) is 6.92 Å². The predicted octanol–water partition coefficient (Wildman–Crippen LogP) is 3.37. The summed E-state index contributed by atoms with van der Waals surface area (Å²) in [6.45, 7) is 1.95. The predicted molar refractivity (Wildman–Crippen MR) is 79.0 cm³/mol. The molecule has 0 saturated heterocycles. The molecule has 3 aromatic rings. The van der Waals surface area contributed by atoms with Gasteiger partial charge in [-0.1, -0.05) is 0 Å². The Balaban J connectivity index is 2.05. The molecule has 0 bridgehead atoms. The van der Waals surface area contributed by atoms with E-state index in [1.54, 1.807) is 0 Å². The molecular weight excluding hydrogens is 256 g/mol. The van der Waals surface area contributed by atoms with Crippen molar-refractivity contribution < 1.29 is 0 Å². The van der Waals surface area contributed by atoms with Gasteiger partial charge in [-0.25, -0.2) is 15.0 Å². The molecule has 94 valence electrons. The van der Waals surface area contributed by atoms with E-state index in [0.717, 1.165) is 27.3 Å². The van der Waals surface area contributed by atoms with Crippen LogP contribution in [0.2, 0.25) is 0 Å². The Kier molecular flexibility index (Phi) is 3.05. The van der Waals surface area contributed by atoms with E-state index in [0.29, 0.717) is 5.82 Å². The summed E-state index contributed by atoms with van der Waals surface area (Å²) in [6, 6.07) is 11.6. The van der Waals surface area contributed by atoms with Crippen molar-refractivity contribution in [2.45, 2.75) is 11.8 Å². The standard InChI is InChI=1S/C14H12N4S/c1-9-2-7-12-13(17-9)14(16-8-15-12)18-10-3-5-11(19)6-4-10/h2-8,19H,1H3,(H,15,16,18). The molecule has 0 fully saturated rings. The number of thiol groups is 1. The molecule has 0 radical (unpaired) electrons. The molecule has 0 aliphatic carbocycles. The molecule has 2 heterocycles. The van der Waals surface area contributed by atoms with Crippen LogP contribution in [0.25, 0.3) is 11.0 Å². The van der Waals surface area contributed by atoms with Crippen LogP contribution in [0.4, 0.5) is 11.5 Å². The Labute approximate surface area is 116 Å². The van der Waals surface area contributed by atoms with E-state index < -0.39 is 0 Å². The maximum Gasteiger partial charge on any atom is 0.160 e. The summed E-state index contributed by atoms with van der Waals surface area (Å²) in [4.78, 5) is 13.9. The molecule has 0 spiro atoms. The summed E-state index contributed by atoms with van der Waals surface area (Å²) >= 11 is 4.26. The Morgan fingerprint density at radius 1 is 1.00 bits per heavy atom. The van der Waals surface area contributed by atoms with Crippen molar-refractivity contribution in [3.8, 4) is 0 Å². The minimum absolute atomic E-state index is 0.709. The highest BCUT2D eigenvalue weighted by molar-refractivity contribution is 7.80. The lowest BCUT2D eigenvalue weighted by Gasteiger charge is -2.08. The highest BCUT2D eigenvalue weighted by atomic mass is 32.1. The van der Waals surface area contributed by atoms with Gasteiger partial charge in [-0.05, 0) is 43.3 Å². The molecule has 1 N–H and O–H groups in total. The molecule has 0 amide bonds. The number of fused-ring (bicyclic) bond motifs is 1. The number of benzene rings is 1. The van der Waals surface area contributed by atoms with E-state index in [2.05, 4.69) is 32.9 Å². The number of rotatable bonds is 2. The van der Waals surface area contributed by atoms with Crippen LogP contribution in [0.3, 0.4) is 0 Å². The van der Waals surface area contributed by atoms with E-state index in [4.69, 9.17) is 0 Å². The molecule has 0 aliphatic rings. The zero-order valence-corrected chi connectivity index (χ0v) is 11.2. The third-order valence-electron chi connectivity index (χ3n) is 2.75. The first kappa shape index (κ1) is 11.9. The van der Waals surface area contributed by atoms with E-state index in [9.17, 15) is 0 Å². The molecule has 2 aromatic heterocycles. The van der Waals surface area contributed by atoms with Gasteiger partial charge in [-0.3, -0.25) is 0 Å². The quantitative estimate of drug-likeness (QED) is 0.700. The number of aromatic nitrogens is 3. The number of aryl methyl sites for hydroxylation is 1. The average molecular weight is 268 g/mol. The van der Waals surface area contributed by atoms with Gasteiger partial charge in [0.1, 0.15) is 11.8 Å². The Morgan fingerprint density at radius 2 is 1.79 bits per heavy atom. The fourth-order valence-corrected chi connectivity index (χ4v) is 1.96. The smallest absolute Gasteiger partial charge is 0.160 e. The second kappa shape index (κ2) is 4.85. The van der Waals surface area contributed by atoms with E-state index in [1.807, 2.05) is 43.3 Å². The molecule has 0 saturated carbocycles. The van der Waals surface area contributed by atoms with Gasteiger partial charge in [-0.15, -0.1) is 12.6 Å². The van der Waals surface area contributed by atoms with Crippen molar-refractivity contribution in [1.82, 2.24) is 15.0 Å². The fraction of sp³-hybridized carbons (Fsp3) is 0.0714. The Bertz CT molecular complexity index is 725. The minimum Gasteiger partial charge on any atom is -0.338 e. The largest absolute Gasteiger partial charge is 0.338 e. The van der Waals surface area contributed by atoms with Gasteiger partial charge in [-0.2, -0.15) is 0 Å². The van der Waals surface area contributed by atoms with Crippen molar-refractivity contribution in [3.63, 3.8) is 0 Å². The first-order valence-electron chi connectivity index (χ1n) is 5.87. The van der Waals surface area contributed by atoms with Crippen LogP contribution in [0.5, 0.6) is 0 Å². The summed E-state index contributed by atoms with van der Waals surface area (Å²) in [5, 5.41) is 3.25. The highest BCUT2D eigenvalue weighted by Crippen LogP contribution is 2.22. The first-order chi connectivity index (χ1) is 9.22. The average Bonchev–Trinajstić information content (AvgIpc) is 2.42. The normalized spacial score (nSPS) is 10.6. The first-order valence-corrected chi connectivity index (χ1v) is 6.31. The number of hydrogen-bond donors (Lipinski definition) is 2. The van der Waals surface area contributed by atoms with Gasteiger partial charge in [0.05, 0.1) is 5.52 Å². The summed E-state index contributed by atoms with van der Waals surface area (Å²) < 4.78 is 0. The lowest BCUT2D eigenvalue weighted by Crippen LogP contribution is -1.98. The molecule has 1 aromatic carbocycles. The number of hydrogen-bond acceptors (Lipinski definition) is 5. The van der Waals surface area contributed by atoms with Crippen molar-refractivity contribution in [2.24, 2.45) is 0 Å². The molecule has 0 atom stereocenters. The number of nitrogens with one attached hydrogen (secondary N) is 1. The van der Waals surface area contributed by atoms with Gasteiger partial charge in [0.15, 0.2) is 5.82 Å². The second-order valence-electron chi connectivity index (χ2n) is 4.21. The SMILES string of the molecule is Cc1ccc2ncnc(Nc3ccc(S)cc3)c2n1. The van der Waals surface area contributed by atoms with Crippen LogP contribution >= 0.6 is 12.6 Å². The van der Waals surface area contributed by atoms with Crippen LogP contribution in [0.15, 0.2) is 47.6 Å². The zero-order valence-electron chi connectivity index (χ0n) is 10.3. The summed E-state index contributed by atoms with van der Waals surface area (Å²) in [5.74, 6) is 0.709. The summed E-state index contributed by atoms with van der Waals surface area (Å²) in [7, 11) is 0. The molecule has 19 heavy (non-hydrogen) atoms. The summed E-state index contributed by atoms with van der Waals surface area (Å²) in [5.41, 5.74) is 3.49. The lowest BCUT2D eigenvalue weighted by molar-refractivity contribution is 1.17. The Hall–Kier alpha value is -2.14. The van der Waals surface area contributed by atoms with Crippen molar-refractivity contribution in [1.29, 1.82) is 0 Å². The fourth-order valence-electron chi connectivity index (χ4n) is 1.81.